The summed E-state index contributed by atoms with van der Waals surface area (Å²) in [5, 5.41) is 16.4. The van der Waals surface area contributed by atoms with Crippen LogP contribution in [0.2, 0.25) is 0 Å². The van der Waals surface area contributed by atoms with Gasteiger partial charge in [-0.15, -0.1) is 0 Å². The van der Waals surface area contributed by atoms with Crippen molar-refractivity contribution in [3.8, 4) is 5.75 Å². The molecule has 0 aliphatic rings. The highest BCUT2D eigenvalue weighted by Crippen LogP contribution is 2.20. The van der Waals surface area contributed by atoms with Gasteiger partial charge in [0.1, 0.15) is 11.8 Å². The molecule has 23 heavy (non-hydrogen) atoms. The van der Waals surface area contributed by atoms with E-state index in [2.05, 4.69) is 15.8 Å². The minimum absolute atomic E-state index is 0.192. The Labute approximate surface area is 136 Å². The normalized spacial score (nSPS) is 12.1. The van der Waals surface area contributed by atoms with Gasteiger partial charge in [0.05, 0.1) is 6.21 Å². The van der Waals surface area contributed by atoms with Gasteiger partial charge < -0.3 is 10.4 Å². The number of para-hydroxylation sites is 1. The molecular weight excluding hydrogens is 290 g/mol. The molecule has 0 radical (unpaired) electrons. The first-order valence-corrected chi connectivity index (χ1v) is 7.42. The second kappa shape index (κ2) is 7.45. The van der Waals surface area contributed by atoms with E-state index in [-0.39, 0.29) is 11.7 Å². The molecule has 0 aliphatic carbocycles. The monoisotopic (exact) mass is 311 g/mol. The molecule has 0 bridgehead atoms. The fourth-order valence-electron chi connectivity index (χ4n) is 2.15. The number of carbonyl (C=O) groups excluding carboxylic acids is 1. The van der Waals surface area contributed by atoms with Crippen molar-refractivity contribution in [2.24, 2.45) is 5.10 Å². The van der Waals surface area contributed by atoms with Crippen molar-refractivity contribution in [1.82, 2.24) is 5.43 Å². The molecule has 0 unspecified atom stereocenters. The summed E-state index contributed by atoms with van der Waals surface area (Å²) in [4.78, 5) is 12.1. The first-order chi connectivity index (χ1) is 11.0. The number of hydrogen-bond acceptors (Lipinski definition) is 4. The fourth-order valence-corrected chi connectivity index (χ4v) is 2.15. The first kappa shape index (κ1) is 16.5. The Morgan fingerprint density at radius 2 is 1.74 bits per heavy atom. The first-order valence-electron chi connectivity index (χ1n) is 7.42. The molecule has 1 amide bonds. The number of benzene rings is 2. The summed E-state index contributed by atoms with van der Waals surface area (Å²) in [6.07, 6.45) is 1.53. The number of hydrazone groups is 1. The number of nitrogens with zero attached hydrogens (tertiary/aromatic N) is 1. The van der Waals surface area contributed by atoms with E-state index in [1.54, 1.807) is 31.2 Å². The van der Waals surface area contributed by atoms with E-state index in [0.29, 0.717) is 0 Å². The van der Waals surface area contributed by atoms with Gasteiger partial charge in [-0.25, -0.2) is 5.43 Å². The minimum atomic E-state index is -0.410. The lowest BCUT2D eigenvalue weighted by atomic mass is 10.1. The van der Waals surface area contributed by atoms with Crippen LogP contribution in [0.3, 0.4) is 0 Å². The lowest BCUT2D eigenvalue weighted by Crippen LogP contribution is -2.35. The van der Waals surface area contributed by atoms with Crippen molar-refractivity contribution in [2.45, 2.75) is 26.8 Å². The molecule has 0 aliphatic heterocycles. The van der Waals surface area contributed by atoms with Crippen LogP contribution in [0.4, 0.5) is 5.69 Å². The summed E-state index contributed by atoms with van der Waals surface area (Å²) in [6, 6.07) is 12.1. The minimum Gasteiger partial charge on any atom is -0.508 e. The zero-order chi connectivity index (χ0) is 16.8. The summed E-state index contributed by atoms with van der Waals surface area (Å²) >= 11 is 0. The molecule has 2 rings (SSSR count). The summed E-state index contributed by atoms with van der Waals surface area (Å²) < 4.78 is 0. The Morgan fingerprint density at radius 3 is 2.35 bits per heavy atom. The highest BCUT2D eigenvalue weighted by atomic mass is 16.3. The lowest BCUT2D eigenvalue weighted by Gasteiger charge is -2.17. The molecule has 0 fully saturated rings. The quantitative estimate of drug-likeness (QED) is 0.587. The van der Waals surface area contributed by atoms with Crippen molar-refractivity contribution in [3.63, 3.8) is 0 Å². The third-order valence-electron chi connectivity index (χ3n) is 3.52. The van der Waals surface area contributed by atoms with Gasteiger partial charge in [-0.05, 0) is 61.7 Å². The Hall–Kier alpha value is -2.82. The largest absolute Gasteiger partial charge is 0.508 e. The van der Waals surface area contributed by atoms with Crippen LogP contribution in [0, 0.1) is 13.8 Å². The van der Waals surface area contributed by atoms with Crippen LogP contribution in [0.1, 0.15) is 23.6 Å². The van der Waals surface area contributed by atoms with E-state index in [1.165, 1.54) is 6.21 Å². The maximum atomic E-state index is 12.1. The molecule has 0 saturated heterocycles. The van der Waals surface area contributed by atoms with Gasteiger partial charge in [0, 0.05) is 5.69 Å². The molecule has 2 aromatic carbocycles. The molecule has 120 valence electrons. The zero-order valence-electron chi connectivity index (χ0n) is 13.5. The molecule has 5 heteroatoms. The van der Waals surface area contributed by atoms with Crippen molar-refractivity contribution in [1.29, 1.82) is 0 Å². The number of phenolic OH excluding ortho intramolecular Hbond substituents is 1. The number of phenols is 1. The molecule has 0 spiro atoms. The van der Waals surface area contributed by atoms with Crippen molar-refractivity contribution < 1.29 is 9.90 Å². The van der Waals surface area contributed by atoms with Gasteiger partial charge in [-0.1, -0.05) is 18.2 Å². The van der Waals surface area contributed by atoms with Crippen LogP contribution >= 0.6 is 0 Å². The summed E-state index contributed by atoms with van der Waals surface area (Å²) in [7, 11) is 0. The number of carbonyl (C=O) groups is 1. The smallest absolute Gasteiger partial charge is 0.262 e. The number of nitrogens with one attached hydrogen (secondary N) is 2. The number of rotatable bonds is 5. The third kappa shape index (κ3) is 4.57. The van der Waals surface area contributed by atoms with Crippen LogP contribution in [0.25, 0.3) is 0 Å². The SMILES string of the molecule is Cc1cccc(C)c1N[C@H](C)C(=O)N/N=C/c1ccc(O)cc1. The van der Waals surface area contributed by atoms with E-state index in [9.17, 15) is 9.90 Å². The second-order valence-electron chi connectivity index (χ2n) is 5.46. The van der Waals surface area contributed by atoms with E-state index in [0.717, 1.165) is 22.4 Å². The van der Waals surface area contributed by atoms with Gasteiger partial charge in [0.2, 0.25) is 0 Å². The Kier molecular flexibility index (Phi) is 5.36. The fraction of sp³-hybridized carbons (Fsp3) is 0.222. The molecule has 1 atom stereocenters. The van der Waals surface area contributed by atoms with Crippen LogP contribution in [-0.2, 0) is 4.79 Å². The molecule has 5 nitrogen and oxygen atoms in total. The standard InChI is InChI=1S/C18H21N3O2/c1-12-5-4-6-13(2)17(12)20-14(3)18(23)21-19-11-15-7-9-16(22)10-8-15/h4-11,14,20,22H,1-3H3,(H,21,23)/b19-11+/t14-/m1/s1. The predicted molar refractivity (Wildman–Crippen MR) is 92.8 cm³/mol. The number of aromatic hydroxyl groups is 1. The summed E-state index contributed by atoms with van der Waals surface area (Å²) in [5.41, 5.74) is 6.46. The highest BCUT2D eigenvalue weighted by Gasteiger charge is 2.13. The predicted octanol–water partition coefficient (Wildman–Crippen LogP) is 2.96. The highest BCUT2D eigenvalue weighted by molar-refractivity contribution is 5.86. The molecule has 0 aromatic heterocycles. The average molecular weight is 311 g/mol. The third-order valence-corrected chi connectivity index (χ3v) is 3.52. The van der Waals surface area contributed by atoms with Crippen molar-refractivity contribution in [3.05, 3.63) is 59.2 Å². The average Bonchev–Trinajstić information content (AvgIpc) is 2.52. The van der Waals surface area contributed by atoms with Crippen LogP contribution in [0.5, 0.6) is 5.75 Å². The van der Waals surface area contributed by atoms with Gasteiger partial charge in [-0.3, -0.25) is 4.79 Å². The summed E-state index contributed by atoms with van der Waals surface area (Å²) in [5.74, 6) is -0.0275. The van der Waals surface area contributed by atoms with Crippen molar-refractivity contribution in [2.75, 3.05) is 5.32 Å². The molecule has 2 aromatic rings. The lowest BCUT2D eigenvalue weighted by molar-refractivity contribution is -0.121. The van der Waals surface area contributed by atoms with Gasteiger partial charge >= 0.3 is 0 Å². The number of amides is 1. The summed E-state index contributed by atoms with van der Waals surface area (Å²) in [6.45, 7) is 5.79. The Morgan fingerprint density at radius 1 is 1.13 bits per heavy atom. The maximum Gasteiger partial charge on any atom is 0.262 e. The Balaban J connectivity index is 1.94. The van der Waals surface area contributed by atoms with E-state index in [4.69, 9.17) is 0 Å². The number of hydrogen-bond donors (Lipinski definition) is 3. The zero-order valence-corrected chi connectivity index (χ0v) is 13.5. The van der Waals surface area contributed by atoms with E-state index in [1.807, 2.05) is 32.0 Å². The van der Waals surface area contributed by atoms with E-state index >= 15 is 0 Å². The Bertz CT molecular complexity index is 688. The number of anilines is 1. The molecule has 0 saturated carbocycles. The topological polar surface area (TPSA) is 73.7 Å². The molecular formula is C18H21N3O2. The van der Waals surface area contributed by atoms with Gasteiger partial charge in [-0.2, -0.15) is 5.10 Å². The maximum absolute atomic E-state index is 12.1. The van der Waals surface area contributed by atoms with Crippen LogP contribution < -0.4 is 10.7 Å². The number of aryl methyl sites for hydroxylation is 2. The van der Waals surface area contributed by atoms with Gasteiger partial charge in [0.25, 0.3) is 5.91 Å². The van der Waals surface area contributed by atoms with Gasteiger partial charge in [0.15, 0.2) is 0 Å². The van der Waals surface area contributed by atoms with Crippen molar-refractivity contribution >= 4 is 17.8 Å². The van der Waals surface area contributed by atoms with Crippen LogP contribution in [-0.4, -0.2) is 23.3 Å². The molecule has 3 N–H and O–H groups in total. The van der Waals surface area contributed by atoms with E-state index < -0.39 is 6.04 Å². The second-order valence-corrected chi connectivity index (χ2v) is 5.46. The van der Waals surface area contributed by atoms with Crippen LogP contribution in [0.15, 0.2) is 47.6 Å². The molecule has 0 heterocycles.